The lowest BCUT2D eigenvalue weighted by atomic mass is 10.1. The SMILES string of the molecule is CCC1CCCC1.O=C(O)O. The molecule has 3 nitrogen and oxygen atoms in total. The van der Waals surface area contributed by atoms with Crippen LogP contribution < -0.4 is 0 Å². The van der Waals surface area contributed by atoms with Crippen LogP contribution >= 0.6 is 0 Å². The highest BCUT2D eigenvalue weighted by molar-refractivity contribution is 5.53. The smallest absolute Gasteiger partial charge is 0.450 e. The molecule has 0 atom stereocenters. The molecule has 11 heavy (non-hydrogen) atoms. The summed E-state index contributed by atoms with van der Waals surface area (Å²) in [7, 11) is 0. The van der Waals surface area contributed by atoms with E-state index >= 15 is 0 Å². The Balaban J connectivity index is 0.000000218. The molecule has 1 aliphatic rings. The van der Waals surface area contributed by atoms with Crippen molar-refractivity contribution in [1.29, 1.82) is 0 Å². The first kappa shape index (κ1) is 10.3. The second-order valence-corrected chi connectivity index (χ2v) is 2.84. The van der Waals surface area contributed by atoms with Crippen molar-refractivity contribution in [3.8, 4) is 0 Å². The van der Waals surface area contributed by atoms with Crippen LogP contribution in [0.15, 0.2) is 0 Å². The van der Waals surface area contributed by atoms with Gasteiger partial charge in [0, 0.05) is 0 Å². The van der Waals surface area contributed by atoms with Crippen molar-refractivity contribution >= 4 is 6.16 Å². The van der Waals surface area contributed by atoms with Crippen molar-refractivity contribution in [2.45, 2.75) is 39.0 Å². The summed E-state index contributed by atoms with van der Waals surface area (Å²) in [5.41, 5.74) is 0. The molecular formula is C8H16O3. The Bertz CT molecular complexity index is 102. The summed E-state index contributed by atoms with van der Waals surface area (Å²) in [6, 6.07) is 0. The van der Waals surface area contributed by atoms with Gasteiger partial charge in [0.2, 0.25) is 0 Å². The molecule has 0 spiro atoms. The molecule has 66 valence electrons. The van der Waals surface area contributed by atoms with Gasteiger partial charge in [0.1, 0.15) is 0 Å². The Morgan fingerprint density at radius 1 is 1.36 bits per heavy atom. The van der Waals surface area contributed by atoms with Crippen LogP contribution in [0.5, 0.6) is 0 Å². The summed E-state index contributed by atoms with van der Waals surface area (Å²) in [5.74, 6) is 1.10. The first-order valence-electron chi connectivity index (χ1n) is 4.08. The lowest BCUT2D eigenvalue weighted by Crippen LogP contribution is -1.86. The normalized spacial score (nSPS) is 17.2. The van der Waals surface area contributed by atoms with Gasteiger partial charge < -0.3 is 10.2 Å². The maximum Gasteiger partial charge on any atom is 0.503 e. The highest BCUT2D eigenvalue weighted by Crippen LogP contribution is 2.26. The molecule has 3 heteroatoms. The molecule has 0 amide bonds. The van der Waals surface area contributed by atoms with E-state index in [1.54, 1.807) is 0 Å². The number of carboxylic acid groups (broad SMARTS) is 2. The van der Waals surface area contributed by atoms with Gasteiger partial charge in [0.25, 0.3) is 0 Å². The van der Waals surface area contributed by atoms with E-state index in [1.807, 2.05) is 0 Å². The zero-order chi connectivity index (χ0) is 8.69. The Hall–Kier alpha value is -0.730. The Morgan fingerprint density at radius 3 is 1.91 bits per heavy atom. The number of carbonyl (C=O) groups is 1. The van der Waals surface area contributed by atoms with Crippen molar-refractivity contribution in [3.05, 3.63) is 0 Å². The second kappa shape index (κ2) is 6.01. The maximum absolute atomic E-state index is 8.56. The molecule has 0 aromatic heterocycles. The summed E-state index contributed by atoms with van der Waals surface area (Å²) < 4.78 is 0. The lowest BCUT2D eigenvalue weighted by Gasteiger charge is -1.99. The van der Waals surface area contributed by atoms with Gasteiger partial charge in [-0.2, -0.15) is 0 Å². The quantitative estimate of drug-likeness (QED) is 0.620. The van der Waals surface area contributed by atoms with Gasteiger partial charge in [-0.1, -0.05) is 39.0 Å². The molecule has 0 aromatic carbocycles. The van der Waals surface area contributed by atoms with Gasteiger partial charge >= 0.3 is 6.16 Å². The molecule has 1 aliphatic carbocycles. The van der Waals surface area contributed by atoms with Gasteiger partial charge in [-0.15, -0.1) is 0 Å². The van der Waals surface area contributed by atoms with Gasteiger partial charge in [0.15, 0.2) is 0 Å². The van der Waals surface area contributed by atoms with Gasteiger partial charge in [-0.3, -0.25) is 0 Å². The number of hydrogen-bond acceptors (Lipinski definition) is 1. The third-order valence-electron chi connectivity index (χ3n) is 2.05. The van der Waals surface area contributed by atoms with E-state index < -0.39 is 6.16 Å². The molecule has 0 saturated heterocycles. The molecule has 0 aliphatic heterocycles. The zero-order valence-corrected chi connectivity index (χ0v) is 6.92. The van der Waals surface area contributed by atoms with E-state index in [0.29, 0.717) is 0 Å². The number of hydrogen-bond donors (Lipinski definition) is 2. The summed E-state index contributed by atoms with van der Waals surface area (Å²) in [5, 5.41) is 13.9. The minimum atomic E-state index is -1.83. The second-order valence-electron chi connectivity index (χ2n) is 2.84. The van der Waals surface area contributed by atoms with Crippen LogP contribution in [0.4, 0.5) is 4.79 Å². The fourth-order valence-electron chi connectivity index (χ4n) is 1.42. The highest BCUT2D eigenvalue weighted by atomic mass is 16.6. The lowest BCUT2D eigenvalue weighted by molar-refractivity contribution is 0.137. The van der Waals surface area contributed by atoms with E-state index in [9.17, 15) is 0 Å². The maximum atomic E-state index is 8.56. The topological polar surface area (TPSA) is 57.5 Å². The molecule has 0 bridgehead atoms. The summed E-state index contributed by atoms with van der Waals surface area (Å²) in [6.07, 6.45) is 5.60. The molecule has 0 heterocycles. The zero-order valence-electron chi connectivity index (χ0n) is 6.92. The van der Waals surface area contributed by atoms with Crippen LogP contribution in [-0.4, -0.2) is 16.4 Å². The van der Waals surface area contributed by atoms with Gasteiger partial charge in [-0.25, -0.2) is 4.79 Å². The fourth-order valence-corrected chi connectivity index (χ4v) is 1.42. The minimum Gasteiger partial charge on any atom is -0.450 e. The fraction of sp³-hybridized carbons (Fsp3) is 0.875. The summed E-state index contributed by atoms with van der Waals surface area (Å²) >= 11 is 0. The van der Waals surface area contributed by atoms with Gasteiger partial charge in [0.05, 0.1) is 0 Å². The van der Waals surface area contributed by atoms with Crippen LogP contribution in [-0.2, 0) is 0 Å². The summed E-state index contributed by atoms with van der Waals surface area (Å²) in [6.45, 7) is 2.30. The molecule has 2 N–H and O–H groups in total. The largest absolute Gasteiger partial charge is 0.503 e. The van der Waals surface area contributed by atoms with E-state index in [0.717, 1.165) is 5.92 Å². The van der Waals surface area contributed by atoms with Crippen LogP contribution in [0, 0.1) is 5.92 Å². The van der Waals surface area contributed by atoms with Crippen LogP contribution in [0.1, 0.15) is 39.0 Å². The Kier molecular flexibility index (Phi) is 5.61. The monoisotopic (exact) mass is 160 g/mol. The highest BCUT2D eigenvalue weighted by Gasteiger charge is 2.11. The van der Waals surface area contributed by atoms with Crippen molar-refractivity contribution in [1.82, 2.24) is 0 Å². The van der Waals surface area contributed by atoms with E-state index in [1.165, 1.54) is 32.1 Å². The van der Waals surface area contributed by atoms with E-state index in [-0.39, 0.29) is 0 Å². The van der Waals surface area contributed by atoms with Crippen molar-refractivity contribution in [2.24, 2.45) is 5.92 Å². The predicted octanol–water partition coefficient (Wildman–Crippen LogP) is 2.81. The van der Waals surface area contributed by atoms with Crippen molar-refractivity contribution < 1.29 is 15.0 Å². The van der Waals surface area contributed by atoms with E-state index in [2.05, 4.69) is 6.92 Å². The Morgan fingerprint density at radius 2 is 1.73 bits per heavy atom. The number of rotatable bonds is 1. The van der Waals surface area contributed by atoms with Crippen LogP contribution in [0.3, 0.4) is 0 Å². The van der Waals surface area contributed by atoms with Crippen LogP contribution in [0.25, 0.3) is 0 Å². The van der Waals surface area contributed by atoms with E-state index in [4.69, 9.17) is 15.0 Å². The summed E-state index contributed by atoms with van der Waals surface area (Å²) in [4.78, 5) is 8.56. The van der Waals surface area contributed by atoms with Crippen LogP contribution in [0.2, 0.25) is 0 Å². The molecule has 1 fully saturated rings. The van der Waals surface area contributed by atoms with Crippen molar-refractivity contribution in [2.75, 3.05) is 0 Å². The average Bonchev–Trinajstić information content (AvgIpc) is 2.36. The van der Waals surface area contributed by atoms with Gasteiger partial charge in [-0.05, 0) is 5.92 Å². The minimum absolute atomic E-state index is 1.10. The molecule has 1 saturated carbocycles. The first-order chi connectivity index (χ1) is 5.16. The third-order valence-corrected chi connectivity index (χ3v) is 2.05. The first-order valence-corrected chi connectivity index (χ1v) is 4.08. The predicted molar refractivity (Wildman–Crippen MR) is 42.9 cm³/mol. The molecule has 0 unspecified atom stereocenters. The van der Waals surface area contributed by atoms with Crippen molar-refractivity contribution in [3.63, 3.8) is 0 Å². The molecular weight excluding hydrogens is 144 g/mol. The Labute approximate surface area is 67.0 Å². The average molecular weight is 160 g/mol. The molecule has 0 aromatic rings. The standard InChI is InChI=1S/C7H14.CH2O3/c1-2-7-5-3-4-6-7;2-1(3)4/h7H,2-6H2,1H3;(H2,2,3,4). The third kappa shape index (κ3) is 7.16. The molecule has 0 radical (unpaired) electrons. The molecule has 1 rings (SSSR count).